The van der Waals surface area contributed by atoms with Gasteiger partial charge in [-0.3, -0.25) is 14.3 Å². The maximum Gasteiger partial charge on any atom is 0.292 e. The van der Waals surface area contributed by atoms with Crippen LogP contribution in [0.5, 0.6) is 0 Å². The molecule has 7 heteroatoms. The molecule has 0 radical (unpaired) electrons. The third-order valence-electron chi connectivity index (χ3n) is 2.12. The van der Waals surface area contributed by atoms with E-state index < -0.39 is 15.7 Å². The fourth-order valence-electron chi connectivity index (χ4n) is 1.49. The van der Waals surface area contributed by atoms with Gasteiger partial charge in [0.2, 0.25) is 0 Å². The number of anilines is 2. The first-order valence-corrected chi connectivity index (χ1v) is 6.73. The highest BCUT2D eigenvalue weighted by molar-refractivity contribution is 7.84. The molecule has 0 aliphatic heterocycles. The zero-order valence-electron chi connectivity index (χ0n) is 9.67. The molecule has 2 unspecified atom stereocenters. The van der Waals surface area contributed by atoms with Gasteiger partial charge in [-0.05, 0) is 19.1 Å². The van der Waals surface area contributed by atoms with Crippen molar-refractivity contribution >= 4 is 27.9 Å². The van der Waals surface area contributed by atoms with E-state index in [1.807, 2.05) is 6.92 Å². The van der Waals surface area contributed by atoms with Crippen molar-refractivity contribution in [3.05, 3.63) is 28.3 Å². The number of nitro benzene ring substituents is 1. The molecule has 0 amide bonds. The Kier molecular flexibility index (Phi) is 4.45. The summed E-state index contributed by atoms with van der Waals surface area (Å²) in [6.45, 7) is 1.89. The molecule has 3 N–H and O–H groups in total. The van der Waals surface area contributed by atoms with E-state index in [1.54, 1.807) is 12.3 Å². The van der Waals surface area contributed by atoms with E-state index in [9.17, 15) is 14.3 Å². The van der Waals surface area contributed by atoms with E-state index in [2.05, 4.69) is 5.32 Å². The van der Waals surface area contributed by atoms with Crippen LogP contribution < -0.4 is 11.1 Å². The molecule has 1 aromatic rings. The standard InChI is InChI=1S/C10H15N3O3S/c1-7(6-17(2)16)12-8-3-4-10(13(14)15)9(11)5-8/h3-5,7,12H,6,11H2,1-2H3. The molecule has 94 valence electrons. The fourth-order valence-corrected chi connectivity index (χ4v) is 2.28. The van der Waals surface area contributed by atoms with Crippen LogP contribution in [-0.4, -0.2) is 27.2 Å². The highest BCUT2D eigenvalue weighted by Gasteiger charge is 2.12. The van der Waals surface area contributed by atoms with Gasteiger partial charge in [0.25, 0.3) is 5.69 Å². The Morgan fingerprint density at radius 1 is 1.59 bits per heavy atom. The second-order valence-electron chi connectivity index (χ2n) is 3.82. The van der Waals surface area contributed by atoms with E-state index in [4.69, 9.17) is 5.73 Å². The SMILES string of the molecule is CC(CS(C)=O)Nc1ccc([N+](=O)[O-])c(N)c1. The molecular weight excluding hydrogens is 242 g/mol. The Bertz CT molecular complexity index is 450. The first-order chi connectivity index (χ1) is 7.90. The number of nitrogens with two attached hydrogens (primary N) is 1. The molecule has 1 aromatic carbocycles. The maximum absolute atomic E-state index is 11.0. The molecule has 2 atom stereocenters. The normalized spacial score (nSPS) is 14.0. The lowest BCUT2D eigenvalue weighted by Gasteiger charge is -2.14. The van der Waals surface area contributed by atoms with Crippen LogP contribution in [-0.2, 0) is 10.8 Å². The molecule has 17 heavy (non-hydrogen) atoms. The van der Waals surface area contributed by atoms with Crippen molar-refractivity contribution in [3.63, 3.8) is 0 Å². The minimum absolute atomic E-state index is 0.0155. The van der Waals surface area contributed by atoms with Crippen LogP contribution in [0, 0.1) is 10.1 Å². The average Bonchev–Trinajstić information content (AvgIpc) is 2.15. The number of nitro groups is 1. The lowest BCUT2D eigenvalue weighted by Crippen LogP contribution is -2.22. The highest BCUT2D eigenvalue weighted by Crippen LogP contribution is 2.24. The lowest BCUT2D eigenvalue weighted by atomic mass is 10.2. The third-order valence-corrected chi connectivity index (χ3v) is 3.09. The summed E-state index contributed by atoms with van der Waals surface area (Å²) in [5, 5.41) is 13.7. The summed E-state index contributed by atoms with van der Waals surface area (Å²) in [6.07, 6.45) is 1.63. The molecule has 0 fully saturated rings. The molecule has 0 spiro atoms. The van der Waals surface area contributed by atoms with Gasteiger partial charge in [0, 0.05) is 40.6 Å². The van der Waals surface area contributed by atoms with Gasteiger partial charge >= 0.3 is 0 Å². The third kappa shape index (κ3) is 4.03. The molecule has 1 rings (SSSR count). The van der Waals surface area contributed by atoms with E-state index >= 15 is 0 Å². The smallest absolute Gasteiger partial charge is 0.292 e. The summed E-state index contributed by atoms with van der Waals surface area (Å²) in [6, 6.07) is 4.46. The van der Waals surface area contributed by atoms with E-state index in [0.717, 1.165) is 0 Å². The molecule has 6 nitrogen and oxygen atoms in total. The molecule has 0 saturated heterocycles. The minimum atomic E-state index is -0.888. The van der Waals surface area contributed by atoms with Crippen LogP contribution >= 0.6 is 0 Å². The van der Waals surface area contributed by atoms with Crippen LogP contribution in [0.15, 0.2) is 18.2 Å². The first-order valence-electron chi connectivity index (χ1n) is 5.00. The number of nitrogen functional groups attached to an aromatic ring is 1. The zero-order valence-corrected chi connectivity index (χ0v) is 10.5. The van der Waals surface area contributed by atoms with Crippen LogP contribution in [0.1, 0.15) is 6.92 Å². The number of hydrogen-bond acceptors (Lipinski definition) is 5. The second-order valence-corrected chi connectivity index (χ2v) is 5.30. The molecule has 0 saturated carbocycles. The Morgan fingerprint density at radius 3 is 2.71 bits per heavy atom. The van der Waals surface area contributed by atoms with Gasteiger partial charge in [-0.2, -0.15) is 0 Å². The zero-order chi connectivity index (χ0) is 13.0. The summed E-state index contributed by atoms with van der Waals surface area (Å²) in [7, 11) is -0.888. The number of nitrogens with zero attached hydrogens (tertiary/aromatic N) is 1. The molecule has 0 aliphatic rings. The maximum atomic E-state index is 11.0. The summed E-state index contributed by atoms with van der Waals surface area (Å²) < 4.78 is 11.0. The predicted molar refractivity (Wildman–Crippen MR) is 69.5 cm³/mol. The summed E-state index contributed by atoms with van der Waals surface area (Å²) in [5.41, 5.74) is 6.25. The van der Waals surface area contributed by atoms with Gasteiger partial charge in [-0.15, -0.1) is 0 Å². The van der Waals surface area contributed by atoms with Crippen molar-refractivity contribution < 1.29 is 9.13 Å². The summed E-state index contributed by atoms with van der Waals surface area (Å²) in [4.78, 5) is 10.0. The van der Waals surface area contributed by atoms with Gasteiger partial charge in [-0.1, -0.05) is 0 Å². The summed E-state index contributed by atoms with van der Waals surface area (Å²) in [5.74, 6) is 0.511. The van der Waals surface area contributed by atoms with Crippen LogP contribution in [0.3, 0.4) is 0 Å². The molecule has 0 heterocycles. The van der Waals surface area contributed by atoms with Crippen LogP contribution in [0.2, 0.25) is 0 Å². The van der Waals surface area contributed by atoms with E-state index in [1.165, 1.54) is 12.1 Å². The lowest BCUT2D eigenvalue weighted by molar-refractivity contribution is -0.383. The minimum Gasteiger partial charge on any atom is -0.393 e. The largest absolute Gasteiger partial charge is 0.393 e. The Morgan fingerprint density at radius 2 is 2.24 bits per heavy atom. The number of hydrogen-bond donors (Lipinski definition) is 2. The average molecular weight is 257 g/mol. The van der Waals surface area contributed by atoms with Crippen molar-refractivity contribution in [3.8, 4) is 0 Å². The van der Waals surface area contributed by atoms with Crippen molar-refractivity contribution in [1.29, 1.82) is 0 Å². The van der Waals surface area contributed by atoms with Gasteiger partial charge < -0.3 is 11.1 Å². The van der Waals surface area contributed by atoms with Crippen LogP contribution in [0.25, 0.3) is 0 Å². The molecule has 0 aromatic heterocycles. The van der Waals surface area contributed by atoms with Gasteiger partial charge in [0.15, 0.2) is 0 Å². The molecule has 0 bridgehead atoms. The van der Waals surface area contributed by atoms with Crippen molar-refractivity contribution in [2.75, 3.05) is 23.1 Å². The summed E-state index contributed by atoms with van der Waals surface area (Å²) >= 11 is 0. The van der Waals surface area contributed by atoms with Gasteiger partial charge in [-0.25, -0.2) is 0 Å². The first kappa shape index (κ1) is 13.4. The van der Waals surface area contributed by atoms with Crippen LogP contribution in [0.4, 0.5) is 17.1 Å². The Labute approximate surface area is 102 Å². The second kappa shape index (κ2) is 5.62. The quantitative estimate of drug-likeness (QED) is 0.471. The Hall–Kier alpha value is -1.63. The van der Waals surface area contributed by atoms with Crippen molar-refractivity contribution in [2.45, 2.75) is 13.0 Å². The molecule has 0 aliphatic carbocycles. The number of benzene rings is 1. The predicted octanol–water partition coefficient (Wildman–Crippen LogP) is 1.36. The van der Waals surface area contributed by atoms with Gasteiger partial charge in [0.05, 0.1) is 4.92 Å². The van der Waals surface area contributed by atoms with E-state index in [-0.39, 0.29) is 17.4 Å². The van der Waals surface area contributed by atoms with Crippen molar-refractivity contribution in [1.82, 2.24) is 0 Å². The van der Waals surface area contributed by atoms with E-state index in [0.29, 0.717) is 11.4 Å². The monoisotopic (exact) mass is 257 g/mol. The number of nitrogens with one attached hydrogen (secondary N) is 1. The molecular formula is C10H15N3O3S. The Balaban J connectivity index is 2.77. The van der Waals surface area contributed by atoms with Gasteiger partial charge in [0.1, 0.15) is 5.69 Å². The highest BCUT2D eigenvalue weighted by atomic mass is 32.2. The number of rotatable bonds is 5. The topological polar surface area (TPSA) is 98.3 Å². The fraction of sp³-hybridized carbons (Fsp3) is 0.400. The van der Waals surface area contributed by atoms with Crippen molar-refractivity contribution in [2.24, 2.45) is 0 Å².